The largest absolute Gasteiger partial charge is 0.468 e. The maximum atomic E-state index is 13.2. The van der Waals surface area contributed by atoms with Gasteiger partial charge in [-0.05, 0) is 26.8 Å². The number of hydrogen-bond donors (Lipinski definition) is 0. The van der Waals surface area contributed by atoms with Gasteiger partial charge < -0.3 is 9.47 Å². The van der Waals surface area contributed by atoms with Crippen molar-refractivity contribution >= 4 is 11.9 Å². The lowest BCUT2D eigenvalue weighted by molar-refractivity contribution is -0.164. The molecule has 1 rings (SSSR count). The summed E-state index contributed by atoms with van der Waals surface area (Å²) in [5.74, 6) is -5.17. The quantitative estimate of drug-likeness (QED) is 0.449. The van der Waals surface area contributed by atoms with Crippen LogP contribution < -0.4 is 0 Å². The van der Waals surface area contributed by atoms with Crippen LogP contribution in [0.4, 0.5) is 26.3 Å². The van der Waals surface area contributed by atoms with Crippen LogP contribution in [0.15, 0.2) is 12.3 Å². The number of ether oxygens (including phenoxy) is 2. The molecule has 5 nitrogen and oxygen atoms in total. The number of methoxy groups -OCH3 is 1. The number of carbonyl (C=O) groups excluding carboxylic acids is 2. The van der Waals surface area contributed by atoms with Crippen LogP contribution in [-0.4, -0.2) is 29.6 Å². The average molecular weight is 387 g/mol. The van der Waals surface area contributed by atoms with E-state index in [0.717, 1.165) is 7.11 Å². The van der Waals surface area contributed by atoms with E-state index >= 15 is 0 Å². The second kappa shape index (κ2) is 7.12. The molecule has 1 atom stereocenters. The van der Waals surface area contributed by atoms with Crippen LogP contribution in [0, 0.1) is 0 Å². The maximum absolute atomic E-state index is 13.2. The molecule has 26 heavy (non-hydrogen) atoms. The molecule has 0 aliphatic carbocycles. The van der Waals surface area contributed by atoms with Gasteiger partial charge >= 0.3 is 24.3 Å². The van der Waals surface area contributed by atoms with Crippen molar-refractivity contribution in [3.63, 3.8) is 0 Å². The number of pyridine rings is 1. The summed E-state index contributed by atoms with van der Waals surface area (Å²) in [5.41, 5.74) is -5.96. The van der Waals surface area contributed by atoms with E-state index in [-0.39, 0.29) is 12.3 Å². The Kier molecular flexibility index (Phi) is 5.95. The highest BCUT2D eigenvalue weighted by atomic mass is 19.4. The first-order chi connectivity index (χ1) is 11.6. The number of rotatable bonds is 3. The molecule has 1 aromatic rings. The Bertz CT molecular complexity index is 691. The Morgan fingerprint density at radius 2 is 1.54 bits per heavy atom. The van der Waals surface area contributed by atoms with E-state index in [0.29, 0.717) is 0 Å². The summed E-state index contributed by atoms with van der Waals surface area (Å²) >= 11 is 0. The zero-order valence-electron chi connectivity index (χ0n) is 14.1. The van der Waals surface area contributed by atoms with Gasteiger partial charge in [-0.2, -0.15) is 26.3 Å². The van der Waals surface area contributed by atoms with E-state index in [1.54, 1.807) is 0 Å². The molecule has 0 saturated heterocycles. The van der Waals surface area contributed by atoms with Crippen molar-refractivity contribution in [2.45, 2.75) is 44.6 Å². The van der Waals surface area contributed by atoms with Crippen molar-refractivity contribution in [2.24, 2.45) is 0 Å². The predicted molar refractivity (Wildman–Crippen MR) is 74.8 cm³/mol. The molecule has 0 amide bonds. The lowest BCUT2D eigenvalue weighted by Crippen LogP contribution is -2.34. The molecular weight excluding hydrogens is 372 g/mol. The van der Waals surface area contributed by atoms with Gasteiger partial charge in [0.1, 0.15) is 5.60 Å². The summed E-state index contributed by atoms with van der Waals surface area (Å²) in [5, 5.41) is 0. The van der Waals surface area contributed by atoms with Crippen molar-refractivity contribution in [1.82, 2.24) is 4.98 Å². The van der Waals surface area contributed by atoms with Gasteiger partial charge in [-0.25, -0.2) is 0 Å². The highest BCUT2D eigenvalue weighted by Crippen LogP contribution is 2.39. The smallest absolute Gasteiger partial charge is 0.418 e. The molecule has 0 aromatic carbocycles. The second-order valence-electron chi connectivity index (χ2n) is 6.14. The average Bonchev–Trinajstić information content (AvgIpc) is 2.43. The highest BCUT2D eigenvalue weighted by Gasteiger charge is 2.45. The van der Waals surface area contributed by atoms with Crippen LogP contribution >= 0.6 is 0 Å². The topological polar surface area (TPSA) is 65.5 Å². The molecule has 11 heteroatoms. The monoisotopic (exact) mass is 387 g/mol. The summed E-state index contributed by atoms with van der Waals surface area (Å²) in [6.45, 7) is 4.18. The van der Waals surface area contributed by atoms with E-state index in [2.05, 4.69) is 9.72 Å². The van der Waals surface area contributed by atoms with Crippen molar-refractivity contribution in [2.75, 3.05) is 7.11 Å². The van der Waals surface area contributed by atoms with E-state index in [1.807, 2.05) is 0 Å². The summed E-state index contributed by atoms with van der Waals surface area (Å²) in [7, 11) is 0.803. The Balaban J connectivity index is 3.60. The number of halogens is 6. The fourth-order valence-corrected chi connectivity index (χ4v) is 1.89. The van der Waals surface area contributed by atoms with Crippen molar-refractivity contribution in [3.05, 3.63) is 29.1 Å². The minimum atomic E-state index is -5.31. The zero-order chi connectivity index (χ0) is 20.5. The number of nitrogens with zero attached hydrogens (tertiary/aromatic N) is 1. The zero-order valence-corrected chi connectivity index (χ0v) is 14.1. The molecule has 146 valence electrons. The molecule has 0 saturated carbocycles. The number of esters is 2. The molecular formula is C15H15F6NO4. The summed E-state index contributed by atoms with van der Waals surface area (Å²) < 4.78 is 87.0. The number of carbonyl (C=O) groups is 2. The first-order valence-corrected chi connectivity index (χ1v) is 7.03. The molecule has 1 aromatic heterocycles. The third kappa shape index (κ3) is 5.33. The normalized spacial score (nSPS) is 13.9. The second-order valence-corrected chi connectivity index (χ2v) is 6.14. The lowest BCUT2D eigenvalue weighted by Gasteiger charge is -2.24. The van der Waals surface area contributed by atoms with Gasteiger partial charge in [-0.1, -0.05) is 0 Å². The van der Waals surface area contributed by atoms with Crippen LogP contribution in [0.5, 0.6) is 0 Å². The highest BCUT2D eigenvalue weighted by molar-refractivity contribution is 6.00. The van der Waals surface area contributed by atoms with Crippen LogP contribution in [0.3, 0.4) is 0 Å². The molecule has 0 radical (unpaired) electrons. The Morgan fingerprint density at radius 1 is 1.00 bits per heavy atom. The first-order valence-electron chi connectivity index (χ1n) is 7.03. The van der Waals surface area contributed by atoms with E-state index in [1.165, 1.54) is 20.8 Å². The third-order valence-electron chi connectivity index (χ3n) is 2.90. The fraction of sp³-hybridized carbons (Fsp3) is 0.533. The van der Waals surface area contributed by atoms with Crippen LogP contribution in [0.2, 0.25) is 0 Å². The van der Waals surface area contributed by atoms with Gasteiger partial charge in [0, 0.05) is 6.20 Å². The summed E-state index contributed by atoms with van der Waals surface area (Å²) in [6, 6.07) is -0.220. The molecule has 0 fully saturated rings. The molecule has 1 heterocycles. The third-order valence-corrected chi connectivity index (χ3v) is 2.90. The molecule has 0 spiro atoms. The van der Waals surface area contributed by atoms with E-state index in [9.17, 15) is 35.9 Å². The lowest BCUT2D eigenvalue weighted by atomic mass is 9.97. The van der Waals surface area contributed by atoms with Gasteiger partial charge in [0.15, 0.2) is 5.92 Å². The number of aromatic nitrogens is 1. The number of hydrogen-bond acceptors (Lipinski definition) is 5. The minimum Gasteiger partial charge on any atom is -0.468 e. The Hall–Kier alpha value is -2.33. The Labute approximate surface area is 144 Å². The molecule has 0 N–H and O–H groups in total. The van der Waals surface area contributed by atoms with Gasteiger partial charge in [0.2, 0.25) is 0 Å². The van der Waals surface area contributed by atoms with Gasteiger partial charge in [0.25, 0.3) is 0 Å². The SMILES string of the molecule is COC(=O)C(C(=O)OC(C)(C)C)c1ncc(C(F)(F)F)cc1C(F)(F)F. The summed E-state index contributed by atoms with van der Waals surface area (Å²) in [4.78, 5) is 27.1. The number of alkyl halides is 6. The van der Waals surface area contributed by atoms with Gasteiger partial charge in [0.05, 0.1) is 23.9 Å². The van der Waals surface area contributed by atoms with Crippen LogP contribution in [-0.2, 0) is 31.4 Å². The minimum absolute atomic E-state index is 0.102. The van der Waals surface area contributed by atoms with Crippen molar-refractivity contribution < 1.29 is 45.4 Å². The van der Waals surface area contributed by atoms with E-state index < -0.39 is 52.6 Å². The van der Waals surface area contributed by atoms with Crippen molar-refractivity contribution in [3.8, 4) is 0 Å². The van der Waals surface area contributed by atoms with Crippen molar-refractivity contribution in [1.29, 1.82) is 0 Å². The molecule has 1 unspecified atom stereocenters. The van der Waals surface area contributed by atoms with E-state index in [4.69, 9.17) is 4.74 Å². The first kappa shape index (κ1) is 21.7. The molecule has 0 bridgehead atoms. The summed E-state index contributed by atoms with van der Waals surface area (Å²) in [6.07, 6.45) is -10.3. The van der Waals surface area contributed by atoms with Gasteiger partial charge in [-0.15, -0.1) is 0 Å². The van der Waals surface area contributed by atoms with Crippen LogP contribution in [0.1, 0.15) is 43.5 Å². The maximum Gasteiger partial charge on any atom is 0.418 e. The van der Waals surface area contributed by atoms with Gasteiger partial charge in [-0.3, -0.25) is 14.6 Å². The molecule has 0 aliphatic heterocycles. The molecule has 0 aliphatic rings. The standard InChI is InChI=1S/C15H15F6NO4/c1-13(2,3)26-12(24)9(11(23)25-4)10-8(15(19,20)21)5-7(6-22-10)14(16,17)18/h5-6,9H,1-4H3. The predicted octanol–water partition coefficient (Wildman–Crippen LogP) is 3.72. The van der Waals surface area contributed by atoms with Crippen LogP contribution in [0.25, 0.3) is 0 Å². The Morgan fingerprint density at radius 3 is 1.92 bits per heavy atom. The fourth-order valence-electron chi connectivity index (χ4n) is 1.89.